The van der Waals surface area contributed by atoms with Crippen molar-refractivity contribution in [1.82, 2.24) is 15.0 Å². The van der Waals surface area contributed by atoms with Crippen molar-refractivity contribution in [2.45, 2.75) is 16.4 Å². The third-order valence-corrected chi connectivity index (χ3v) is 5.60. The monoisotopic (exact) mass is 427 g/mol. The quantitative estimate of drug-likeness (QED) is 0.440. The fourth-order valence-electron chi connectivity index (χ4n) is 2.93. The first-order valence-electron chi connectivity index (χ1n) is 9.69. The predicted octanol–water partition coefficient (Wildman–Crippen LogP) is 5.14. The molecular weight excluding hydrogens is 406 g/mol. The molecule has 0 aliphatic rings. The number of rotatable bonds is 7. The average molecular weight is 428 g/mol. The van der Waals surface area contributed by atoms with Crippen LogP contribution in [0.1, 0.15) is 11.1 Å². The molecule has 4 rings (SSSR count). The number of H-pyrrole nitrogens is 1. The Kier molecular flexibility index (Phi) is 6.20. The molecule has 0 bridgehead atoms. The van der Waals surface area contributed by atoms with Gasteiger partial charge < -0.3 is 14.6 Å². The SMILES string of the molecule is CN(C)c1cccc(COc2nc(-c3cc[nH]c3)ncc2Sc2ccc(C#N)cc2)c1. The van der Waals surface area contributed by atoms with Gasteiger partial charge in [-0.25, -0.2) is 4.98 Å². The van der Waals surface area contributed by atoms with Crippen LogP contribution in [-0.2, 0) is 6.61 Å². The van der Waals surface area contributed by atoms with Gasteiger partial charge in [0.2, 0.25) is 5.88 Å². The largest absolute Gasteiger partial charge is 0.472 e. The van der Waals surface area contributed by atoms with Crippen molar-refractivity contribution < 1.29 is 4.74 Å². The summed E-state index contributed by atoms with van der Waals surface area (Å²) < 4.78 is 6.16. The van der Waals surface area contributed by atoms with Gasteiger partial charge in [0.25, 0.3) is 0 Å². The zero-order valence-electron chi connectivity index (χ0n) is 17.2. The van der Waals surface area contributed by atoms with Crippen LogP contribution in [-0.4, -0.2) is 29.0 Å². The second-order valence-corrected chi connectivity index (χ2v) is 8.17. The number of aromatic amines is 1. The molecular formula is C24H21N5OS. The number of nitrogens with one attached hydrogen (secondary N) is 1. The number of hydrogen-bond donors (Lipinski definition) is 1. The van der Waals surface area contributed by atoms with E-state index >= 15 is 0 Å². The van der Waals surface area contributed by atoms with Crippen LogP contribution in [0.3, 0.4) is 0 Å². The number of ether oxygens (including phenoxy) is 1. The summed E-state index contributed by atoms with van der Waals surface area (Å²) in [6.07, 6.45) is 5.47. The summed E-state index contributed by atoms with van der Waals surface area (Å²) in [5.74, 6) is 1.12. The maximum Gasteiger partial charge on any atom is 0.231 e. The van der Waals surface area contributed by atoms with Gasteiger partial charge in [-0.05, 0) is 48.0 Å². The lowest BCUT2D eigenvalue weighted by atomic mass is 10.2. The van der Waals surface area contributed by atoms with Crippen molar-refractivity contribution in [3.05, 3.63) is 84.3 Å². The number of nitriles is 1. The highest BCUT2D eigenvalue weighted by Crippen LogP contribution is 2.35. The molecule has 0 saturated carbocycles. The third kappa shape index (κ3) is 5.05. The number of benzene rings is 2. The fraction of sp³-hybridized carbons (Fsp3) is 0.125. The second-order valence-electron chi connectivity index (χ2n) is 7.05. The van der Waals surface area contributed by atoms with Gasteiger partial charge in [-0.3, -0.25) is 0 Å². The summed E-state index contributed by atoms with van der Waals surface area (Å²) >= 11 is 1.51. The minimum atomic E-state index is 0.395. The van der Waals surface area contributed by atoms with E-state index in [1.165, 1.54) is 11.8 Å². The molecule has 0 spiro atoms. The molecule has 31 heavy (non-hydrogen) atoms. The molecule has 0 fully saturated rings. The average Bonchev–Trinajstić information content (AvgIpc) is 3.34. The molecule has 2 heterocycles. The number of anilines is 1. The molecule has 0 amide bonds. The summed E-state index contributed by atoms with van der Waals surface area (Å²) in [7, 11) is 4.03. The van der Waals surface area contributed by atoms with E-state index in [2.05, 4.69) is 38.1 Å². The van der Waals surface area contributed by atoms with Crippen molar-refractivity contribution >= 4 is 17.4 Å². The zero-order valence-corrected chi connectivity index (χ0v) is 18.1. The molecule has 1 N–H and O–H groups in total. The molecule has 0 saturated heterocycles. The summed E-state index contributed by atoms with van der Waals surface area (Å²) in [4.78, 5) is 16.1. The van der Waals surface area contributed by atoms with E-state index in [-0.39, 0.29) is 0 Å². The first-order valence-corrected chi connectivity index (χ1v) is 10.5. The first-order chi connectivity index (χ1) is 15.1. The van der Waals surface area contributed by atoms with Crippen molar-refractivity contribution in [3.8, 4) is 23.3 Å². The Morgan fingerprint density at radius 2 is 1.97 bits per heavy atom. The van der Waals surface area contributed by atoms with Crippen LogP contribution in [0.2, 0.25) is 0 Å². The standard InChI is InChI=1S/C24H21N5OS/c1-29(2)20-5-3-4-18(12-20)16-30-24-22(31-21-8-6-17(13-25)7-9-21)15-27-23(28-24)19-10-11-26-14-19/h3-12,14-15,26H,16H2,1-2H3. The Balaban J connectivity index is 1.61. The first kappa shape index (κ1) is 20.5. The molecule has 0 atom stereocenters. The van der Waals surface area contributed by atoms with Crippen LogP contribution >= 0.6 is 11.8 Å². The number of hydrogen-bond acceptors (Lipinski definition) is 6. The van der Waals surface area contributed by atoms with Gasteiger partial charge >= 0.3 is 0 Å². The smallest absolute Gasteiger partial charge is 0.231 e. The lowest BCUT2D eigenvalue weighted by Crippen LogP contribution is -2.09. The van der Waals surface area contributed by atoms with E-state index in [1.54, 1.807) is 18.3 Å². The normalized spacial score (nSPS) is 10.5. The van der Waals surface area contributed by atoms with Crippen molar-refractivity contribution in [2.75, 3.05) is 19.0 Å². The van der Waals surface area contributed by atoms with Crippen LogP contribution in [0.5, 0.6) is 5.88 Å². The fourth-order valence-corrected chi connectivity index (χ4v) is 3.75. The molecule has 2 aromatic heterocycles. The highest BCUT2D eigenvalue weighted by Gasteiger charge is 2.13. The molecule has 4 aromatic rings. The van der Waals surface area contributed by atoms with Crippen molar-refractivity contribution in [3.63, 3.8) is 0 Å². The van der Waals surface area contributed by atoms with Gasteiger partial charge in [-0.15, -0.1) is 0 Å². The van der Waals surface area contributed by atoms with E-state index in [1.807, 2.05) is 56.8 Å². The minimum absolute atomic E-state index is 0.395. The number of aromatic nitrogens is 3. The maximum absolute atomic E-state index is 9.01. The maximum atomic E-state index is 9.01. The minimum Gasteiger partial charge on any atom is -0.472 e. The Morgan fingerprint density at radius 1 is 1.13 bits per heavy atom. The zero-order chi connectivity index (χ0) is 21.6. The van der Waals surface area contributed by atoms with E-state index in [0.717, 1.165) is 26.6 Å². The van der Waals surface area contributed by atoms with Gasteiger partial charge in [0.05, 0.1) is 16.5 Å². The lowest BCUT2D eigenvalue weighted by molar-refractivity contribution is 0.285. The molecule has 0 unspecified atom stereocenters. The molecule has 0 radical (unpaired) electrons. The molecule has 0 aliphatic carbocycles. The highest BCUT2D eigenvalue weighted by atomic mass is 32.2. The second kappa shape index (κ2) is 9.37. The van der Waals surface area contributed by atoms with Crippen molar-refractivity contribution in [2.24, 2.45) is 0 Å². The Hall–Kier alpha value is -3.76. The van der Waals surface area contributed by atoms with Crippen molar-refractivity contribution in [1.29, 1.82) is 5.26 Å². The van der Waals surface area contributed by atoms with E-state index in [9.17, 15) is 0 Å². The Bertz CT molecular complexity index is 1200. The molecule has 6 nitrogen and oxygen atoms in total. The molecule has 7 heteroatoms. The predicted molar refractivity (Wildman–Crippen MR) is 122 cm³/mol. The van der Waals surface area contributed by atoms with Crippen LogP contribution in [0, 0.1) is 11.3 Å². The molecule has 0 aliphatic heterocycles. The topological polar surface area (TPSA) is 77.8 Å². The number of nitrogens with zero attached hydrogens (tertiary/aromatic N) is 4. The lowest BCUT2D eigenvalue weighted by Gasteiger charge is -2.15. The molecule has 2 aromatic carbocycles. The van der Waals surface area contributed by atoms with Crippen LogP contribution < -0.4 is 9.64 Å². The third-order valence-electron chi connectivity index (χ3n) is 4.59. The van der Waals surface area contributed by atoms with E-state index in [0.29, 0.717) is 23.9 Å². The van der Waals surface area contributed by atoms with Gasteiger partial charge in [-0.1, -0.05) is 23.9 Å². The van der Waals surface area contributed by atoms with Gasteiger partial charge in [-0.2, -0.15) is 10.2 Å². The molecule has 154 valence electrons. The highest BCUT2D eigenvalue weighted by molar-refractivity contribution is 7.99. The Morgan fingerprint density at radius 3 is 2.68 bits per heavy atom. The summed E-state index contributed by atoms with van der Waals surface area (Å²) in [6, 6.07) is 19.7. The van der Waals surface area contributed by atoms with Gasteiger partial charge in [0.1, 0.15) is 6.61 Å². The van der Waals surface area contributed by atoms with Crippen LogP contribution in [0.25, 0.3) is 11.4 Å². The summed E-state index contributed by atoms with van der Waals surface area (Å²) in [5.41, 5.74) is 3.70. The van der Waals surface area contributed by atoms with E-state index in [4.69, 9.17) is 10.00 Å². The summed E-state index contributed by atoms with van der Waals surface area (Å²) in [6.45, 7) is 0.395. The van der Waals surface area contributed by atoms with Crippen LogP contribution in [0.15, 0.2) is 83.0 Å². The van der Waals surface area contributed by atoms with E-state index < -0.39 is 0 Å². The summed E-state index contributed by atoms with van der Waals surface area (Å²) in [5, 5.41) is 9.01. The van der Waals surface area contributed by atoms with Crippen LogP contribution in [0.4, 0.5) is 5.69 Å². The Labute approximate surface area is 185 Å². The van der Waals surface area contributed by atoms with Gasteiger partial charge in [0.15, 0.2) is 5.82 Å². The van der Waals surface area contributed by atoms with Gasteiger partial charge in [0, 0.05) is 48.8 Å².